The SMILES string of the molecule is CC/C=C\C/C=C\C/C=C\CCCCCCCC(=O)OC(COC(=O)CCCCC/C=C\C/C=C\C/C=C\CC)COP(=O)(O)OCCN. The molecule has 9 nitrogen and oxygen atoms in total. The summed E-state index contributed by atoms with van der Waals surface area (Å²) >= 11 is 0. The number of hydrogen-bond donors (Lipinski definition) is 2. The first-order chi connectivity index (χ1) is 23.8. The summed E-state index contributed by atoms with van der Waals surface area (Å²) in [5.74, 6) is -0.894. The molecule has 0 fully saturated rings. The number of phosphoric acid groups is 1. The maximum Gasteiger partial charge on any atom is 0.472 e. The normalized spacial score (nSPS) is 14.3. The van der Waals surface area contributed by atoms with Crippen LogP contribution in [0.2, 0.25) is 0 Å². The average molecular weight is 708 g/mol. The van der Waals surface area contributed by atoms with Gasteiger partial charge in [0.25, 0.3) is 0 Å². The first-order valence-electron chi connectivity index (χ1n) is 18.4. The van der Waals surface area contributed by atoms with Gasteiger partial charge in [-0.15, -0.1) is 0 Å². The third kappa shape index (κ3) is 35.1. The van der Waals surface area contributed by atoms with Crippen LogP contribution >= 0.6 is 7.82 Å². The molecule has 49 heavy (non-hydrogen) atoms. The molecule has 0 bridgehead atoms. The lowest BCUT2D eigenvalue weighted by atomic mass is 10.1. The van der Waals surface area contributed by atoms with E-state index in [-0.39, 0.29) is 32.6 Å². The van der Waals surface area contributed by atoms with Crippen molar-refractivity contribution < 1.29 is 37.6 Å². The van der Waals surface area contributed by atoms with E-state index in [4.69, 9.17) is 24.3 Å². The second kappa shape index (κ2) is 35.3. The molecule has 0 heterocycles. The van der Waals surface area contributed by atoms with Gasteiger partial charge in [-0.3, -0.25) is 18.6 Å². The predicted molar refractivity (Wildman–Crippen MR) is 201 cm³/mol. The molecule has 0 aromatic heterocycles. The fourth-order valence-electron chi connectivity index (χ4n) is 4.42. The number of nitrogens with two attached hydrogens (primary N) is 1. The van der Waals surface area contributed by atoms with Crippen molar-refractivity contribution in [1.82, 2.24) is 0 Å². The van der Waals surface area contributed by atoms with E-state index in [0.717, 1.165) is 89.9 Å². The van der Waals surface area contributed by atoms with Crippen LogP contribution in [-0.4, -0.2) is 49.3 Å². The van der Waals surface area contributed by atoms with Gasteiger partial charge < -0.3 is 20.1 Å². The molecule has 0 radical (unpaired) electrons. The number of allylic oxidation sites excluding steroid dienone is 12. The Balaban J connectivity index is 4.34. The number of rotatable bonds is 33. The van der Waals surface area contributed by atoms with E-state index in [2.05, 4.69) is 86.8 Å². The van der Waals surface area contributed by atoms with Crippen molar-refractivity contribution in [2.45, 2.75) is 136 Å². The minimum absolute atomic E-state index is 0.0422. The molecular weight excluding hydrogens is 641 g/mol. The highest BCUT2D eigenvalue weighted by Gasteiger charge is 2.25. The summed E-state index contributed by atoms with van der Waals surface area (Å²) in [7, 11) is -4.39. The molecule has 0 aliphatic heterocycles. The van der Waals surface area contributed by atoms with E-state index >= 15 is 0 Å². The standard InChI is InChI=1S/C39H66NO8P/c1-3-5-7-9-11-13-15-17-18-20-22-24-26-28-30-32-39(42)48-37(36-47-49(43,44)46-34-33-40)35-45-38(41)31-29-27-25-23-21-19-16-14-12-10-8-6-4-2/h5-8,11-14,17-19,21,37H,3-4,9-10,15-16,20,22-36,40H2,1-2H3,(H,43,44)/b7-5-,8-6-,13-11-,14-12-,18-17-,21-19-. The van der Waals surface area contributed by atoms with Crippen LogP contribution in [0.1, 0.15) is 129 Å². The third-order valence-corrected chi connectivity index (χ3v) is 8.07. The average Bonchev–Trinajstić information content (AvgIpc) is 3.08. The Labute approximate surface area is 297 Å². The molecule has 2 unspecified atom stereocenters. The Kier molecular flexibility index (Phi) is 33.4. The summed E-state index contributed by atoms with van der Waals surface area (Å²) in [6.45, 7) is 3.41. The van der Waals surface area contributed by atoms with E-state index in [1.165, 1.54) is 0 Å². The van der Waals surface area contributed by atoms with Crippen molar-refractivity contribution in [2.24, 2.45) is 5.73 Å². The lowest BCUT2D eigenvalue weighted by Gasteiger charge is -2.19. The Morgan fingerprint density at radius 3 is 1.59 bits per heavy atom. The minimum Gasteiger partial charge on any atom is -0.462 e. The lowest BCUT2D eigenvalue weighted by Crippen LogP contribution is -2.29. The van der Waals surface area contributed by atoms with Gasteiger partial charge in [-0.25, -0.2) is 4.57 Å². The monoisotopic (exact) mass is 707 g/mol. The Morgan fingerprint density at radius 1 is 0.612 bits per heavy atom. The van der Waals surface area contributed by atoms with Crippen molar-refractivity contribution in [2.75, 3.05) is 26.4 Å². The van der Waals surface area contributed by atoms with Crippen LogP contribution in [0.5, 0.6) is 0 Å². The molecule has 0 amide bonds. The summed E-state index contributed by atoms with van der Waals surface area (Å²) in [5.41, 5.74) is 5.32. The number of ether oxygens (including phenoxy) is 2. The molecule has 0 saturated heterocycles. The number of hydrogen-bond acceptors (Lipinski definition) is 8. The molecule has 0 spiro atoms. The summed E-state index contributed by atoms with van der Waals surface area (Å²) in [4.78, 5) is 34.7. The Hall–Kier alpha value is -2.55. The molecule has 10 heteroatoms. The molecule has 0 aliphatic rings. The van der Waals surface area contributed by atoms with E-state index in [0.29, 0.717) is 12.8 Å². The first-order valence-corrected chi connectivity index (χ1v) is 19.9. The van der Waals surface area contributed by atoms with E-state index in [1.54, 1.807) is 0 Å². The second-order valence-electron chi connectivity index (χ2n) is 11.7. The molecule has 2 atom stereocenters. The first kappa shape index (κ1) is 46.5. The smallest absolute Gasteiger partial charge is 0.462 e. The highest BCUT2D eigenvalue weighted by atomic mass is 31.2. The van der Waals surface area contributed by atoms with Crippen LogP contribution < -0.4 is 5.73 Å². The van der Waals surface area contributed by atoms with Crippen LogP contribution in [0.4, 0.5) is 0 Å². The molecule has 0 aliphatic carbocycles. The van der Waals surface area contributed by atoms with Gasteiger partial charge in [-0.2, -0.15) is 0 Å². The zero-order chi connectivity index (χ0) is 36.1. The van der Waals surface area contributed by atoms with Gasteiger partial charge >= 0.3 is 19.8 Å². The highest BCUT2D eigenvalue weighted by molar-refractivity contribution is 7.47. The van der Waals surface area contributed by atoms with Crippen LogP contribution in [-0.2, 0) is 32.7 Å². The zero-order valence-corrected chi connectivity index (χ0v) is 31.3. The van der Waals surface area contributed by atoms with Crippen LogP contribution in [0, 0.1) is 0 Å². The van der Waals surface area contributed by atoms with Gasteiger partial charge in [-0.05, 0) is 77.0 Å². The van der Waals surface area contributed by atoms with Gasteiger partial charge in [0.2, 0.25) is 0 Å². The molecule has 0 rings (SSSR count). The van der Waals surface area contributed by atoms with Crippen molar-refractivity contribution in [3.63, 3.8) is 0 Å². The molecular formula is C39H66NO8P. The summed E-state index contributed by atoms with van der Waals surface area (Å²) in [5, 5.41) is 0. The number of carbonyl (C=O) groups is 2. The molecule has 3 N–H and O–H groups in total. The third-order valence-electron chi connectivity index (χ3n) is 7.09. The summed E-state index contributed by atoms with van der Waals surface area (Å²) < 4.78 is 32.6. The van der Waals surface area contributed by atoms with Crippen LogP contribution in [0.25, 0.3) is 0 Å². The summed E-state index contributed by atoms with van der Waals surface area (Å²) in [6.07, 6.45) is 40.8. The number of carbonyl (C=O) groups excluding carboxylic acids is 2. The van der Waals surface area contributed by atoms with Gasteiger partial charge in [0.05, 0.1) is 13.2 Å². The van der Waals surface area contributed by atoms with Gasteiger partial charge in [0, 0.05) is 19.4 Å². The topological polar surface area (TPSA) is 134 Å². The van der Waals surface area contributed by atoms with E-state index in [1.807, 2.05) is 0 Å². The molecule has 280 valence electrons. The Bertz CT molecular complexity index is 1030. The second-order valence-corrected chi connectivity index (χ2v) is 13.1. The van der Waals surface area contributed by atoms with Crippen LogP contribution in [0.15, 0.2) is 72.9 Å². The zero-order valence-electron chi connectivity index (χ0n) is 30.4. The lowest BCUT2D eigenvalue weighted by molar-refractivity contribution is -0.161. The molecule has 0 aromatic carbocycles. The quantitative estimate of drug-likeness (QED) is 0.0296. The predicted octanol–water partition coefficient (Wildman–Crippen LogP) is 9.93. The highest BCUT2D eigenvalue weighted by Crippen LogP contribution is 2.43. The molecule has 0 aromatic rings. The van der Waals surface area contributed by atoms with E-state index < -0.39 is 32.5 Å². The van der Waals surface area contributed by atoms with Crippen molar-refractivity contribution >= 4 is 19.8 Å². The Morgan fingerprint density at radius 2 is 1.06 bits per heavy atom. The maximum absolute atomic E-state index is 12.5. The van der Waals surface area contributed by atoms with Crippen molar-refractivity contribution in [3.05, 3.63) is 72.9 Å². The molecule has 0 saturated carbocycles. The van der Waals surface area contributed by atoms with E-state index in [9.17, 15) is 19.0 Å². The number of unbranched alkanes of at least 4 members (excludes halogenated alkanes) is 8. The van der Waals surface area contributed by atoms with Crippen LogP contribution in [0.3, 0.4) is 0 Å². The maximum atomic E-state index is 12.5. The van der Waals surface area contributed by atoms with Crippen molar-refractivity contribution in [3.8, 4) is 0 Å². The largest absolute Gasteiger partial charge is 0.472 e. The number of phosphoric ester groups is 1. The summed E-state index contributed by atoms with van der Waals surface area (Å²) in [6, 6.07) is 0. The number of esters is 2. The van der Waals surface area contributed by atoms with Gasteiger partial charge in [0.1, 0.15) is 6.61 Å². The van der Waals surface area contributed by atoms with Gasteiger partial charge in [0.15, 0.2) is 6.10 Å². The fraction of sp³-hybridized carbons (Fsp3) is 0.641. The van der Waals surface area contributed by atoms with Crippen molar-refractivity contribution in [1.29, 1.82) is 0 Å². The fourth-order valence-corrected chi connectivity index (χ4v) is 5.19. The van der Waals surface area contributed by atoms with Gasteiger partial charge in [-0.1, -0.05) is 112 Å². The minimum atomic E-state index is -4.39.